The summed E-state index contributed by atoms with van der Waals surface area (Å²) in [5.41, 5.74) is 3.05. The molecule has 0 bridgehead atoms. The second-order valence-electron chi connectivity index (χ2n) is 7.77. The molecule has 0 spiro atoms. The second kappa shape index (κ2) is 9.01. The van der Waals surface area contributed by atoms with Gasteiger partial charge < -0.3 is 9.73 Å². The normalized spacial score (nSPS) is 12.6. The fourth-order valence-electron chi connectivity index (χ4n) is 2.66. The number of nitrogens with one attached hydrogen (secondary N) is 1. The minimum Gasteiger partial charge on any atom is -0.411 e. The summed E-state index contributed by atoms with van der Waals surface area (Å²) in [6, 6.07) is 15.5. The van der Waals surface area contributed by atoms with E-state index in [1.54, 1.807) is 13.0 Å². The molecule has 0 aliphatic rings. The molecule has 0 radical (unpaired) electrons. The third-order valence-electron chi connectivity index (χ3n) is 4.46. The third kappa shape index (κ3) is 5.61. The SMILES string of the molecule is CC(Sc1nnc(-c2ccc(C(C)(C)C)cc2)o1)C(=O)NCc1ccccc1Cl. The van der Waals surface area contributed by atoms with Gasteiger partial charge in [0.2, 0.25) is 11.8 Å². The number of amides is 1. The smallest absolute Gasteiger partial charge is 0.277 e. The maximum absolute atomic E-state index is 12.4. The molecule has 0 saturated heterocycles. The summed E-state index contributed by atoms with van der Waals surface area (Å²) in [4.78, 5) is 12.4. The molecule has 1 heterocycles. The first-order chi connectivity index (χ1) is 13.7. The number of nitrogens with zero attached hydrogens (tertiary/aromatic N) is 2. The van der Waals surface area contributed by atoms with Crippen molar-refractivity contribution in [1.29, 1.82) is 0 Å². The van der Waals surface area contributed by atoms with Gasteiger partial charge in [-0.25, -0.2) is 0 Å². The van der Waals surface area contributed by atoms with E-state index in [-0.39, 0.29) is 16.6 Å². The van der Waals surface area contributed by atoms with Crippen molar-refractivity contribution < 1.29 is 9.21 Å². The van der Waals surface area contributed by atoms with Gasteiger partial charge in [0.15, 0.2) is 0 Å². The maximum atomic E-state index is 12.4. The van der Waals surface area contributed by atoms with Crippen LogP contribution in [0.2, 0.25) is 5.02 Å². The zero-order valence-electron chi connectivity index (χ0n) is 16.9. The molecular formula is C22H24ClN3O2S. The van der Waals surface area contributed by atoms with E-state index >= 15 is 0 Å². The molecule has 0 saturated carbocycles. The van der Waals surface area contributed by atoms with Gasteiger partial charge in [-0.05, 0) is 41.7 Å². The van der Waals surface area contributed by atoms with Gasteiger partial charge in [-0.3, -0.25) is 4.79 Å². The zero-order valence-corrected chi connectivity index (χ0v) is 18.5. The summed E-state index contributed by atoms with van der Waals surface area (Å²) in [7, 11) is 0. The molecule has 1 N–H and O–H groups in total. The van der Waals surface area contributed by atoms with E-state index < -0.39 is 0 Å². The maximum Gasteiger partial charge on any atom is 0.277 e. The summed E-state index contributed by atoms with van der Waals surface area (Å²) >= 11 is 7.35. The van der Waals surface area contributed by atoms with Crippen LogP contribution in [0, 0.1) is 0 Å². The summed E-state index contributed by atoms with van der Waals surface area (Å²) in [5.74, 6) is 0.320. The van der Waals surface area contributed by atoms with Crippen LogP contribution in [-0.4, -0.2) is 21.4 Å². The van der Waals surface area contributed by atoms with Crippen LogP contribution in [0.15, 0.2) is 58.2 Å². The predicted molar refractivity (Wildman–Crippen MR) is 117 cm³/mol. The van der Waals surface area contributed by atoms with Crippen LogP contribution in [0.4, 0.5) is 0 Å². The van der Waals surface area contributed by atoms with Crippen molar-refractivity contribution in [1.82, 2.24) is 15.5 Å². The standard InChI is InChI=1S/C22H24ClN3O2S/c1-14(19(27)24-13-16-7-5-6-8-18(16)23)29-21-26-25-20(28-21)15-9-11-17(12-10-15)22(2,3)4/h5-12,14H,13H2,1-4H3,(H,24,27). The van der Waals surface area contributed by atoms with Crippen LogP contribution in [0.3, 0.4) is 0 Å². The van der Waals surface area contributed by atoms with E-state index in [9.17, 15) is 4.79 Å². The average molecular weight is 430 g/mol. The van der Waals surface area contributed by atoms with Crippen LogP contribution in [-0.2, 0) is 16.8 Å². The Morgan fingerprint density at radius 3 is 2.48 bits per heavy atom. The van der Waals surface area contributed by atoms with Crippen molar-refractivity contribution in [3.05, 3.63) is 64.7 Å². The Morgan fingerprint density at radius 1 is 1.14 bits per heavy atom. The van der Waals surface area contributed by atoms with Crippen molar-refractivity contribution in [2.24, 2.45) is 0 Å². The van der Waals surface area contributed by atoms with Gasteiger partial charge >= 0.3 is 0 Å². The molecule has 0 aliphatic heterocycles. The van der Waals surface area contributed by atoms with E-state index in [2.05, 4.69) is 48.4 Å². The summed E-state index contributed by atoms with van der Waals surface area (Å²) < 4.78 is 5.74. The first kappa shape index (κ1) is 21.4. The van der Waals surface area contributed by atoms with Crippen molar-refractivity contribution in [2.75, 3.05) is 0 Å². The number of hydrogen-bond donors (Lipinski definition) is 1. The Labute approximate surface area is 180 Å². The Morgan fingerprint density at radius 2 is 1.83 bits per heavy atom. The molecule has 0 fully saturated rings. The van der Waals surface area contributed by atoms with Gasteiger partial charge in [0.05, 0.1) is 5.25 Å². The van der Waals surface area contributed by atoms with Crippen LogP contribution >= 0.6 is 23.4 Å². The highest BCUT2D eigenvalue weighted by Crippen LogP contribution is 2.28. The van der Waals surface area contributed by atoms with E-state index in [0.29, 0.717) is 22.7 Å². The van der Waals surface area contributed by atoms with Gasteiger partial charge in [0.1, 0.15) is 0 Å². The monoisotopic (exact) mass is 429 g/mol. The van der Waals surface area contributed by atoms with E-state index in [0.717, 1.165) is 11.1 Å². The molecule has 5 nitrogen and oxygen atoms in total. The lowest BCUT2D eigenvalue weighted by Gasteiger charge is -2.18. The fraction of sp³-hybridized carbons (Fsp3) is 0.318. The molecule has 29 heavy (non-hydrogen) atoms. The van der Waals surface area contributed by atoms with Crippen molar-refractivity contribution in [3.63, 3.8) is 0 Å². The first-order valence-electron chi connectivity index (χ1n) is 9.36. The Bertz CT molecular complexity index is 980. The molecule has 7 heteroatoms. The zero-order chi connectivity index (χ0) is 21.0. The summed E-state index contributed by atoms with van der Waals surface area (Å²) in [5, 5.41) is 11.7. The highest BCUT2D eigenvalue weighted by molar-refractivity contribution is 8.00. The number of benzene rings is 2. The largest absolute Gasteiger partial charge is 0.411 e. The number of aromatic nitrogens is 2. The molecule has 0 aliphatic carbocycles. The Balaban J connectivity index is 1.59. The van der Waals surface area contributed by atoms with Gasteiger partial charge in [-0.2, -0.15) is 0 Å². The van der Waals surface area contributed by atoms with Crippen molar-refractivity contribution >= 4 is 29.3 Å². The lowest BCUT2D eigenvalue weighted by molar-refractivity contribution is -0.120. The minimum atomic E-state index is -0.381. The van der Waals surface area contributed by atoms with E-state index in [1.807, 2.05) is 30.3 Å². The molecule has 3 rings (SSSR count). The van der Waals surface area contributed by atoms with Crippen LogP contribution in [0.1, 0.15) is 38.8 Å². The summed E-state index contributed by atoms with van der Waals surface area (Å²) in [6.07, 6.45) is 0. The number of carbonyl (C=O) groups excluding carboxylic acids is 1. The summed E-state index contributed by atoms with van der Waals surface area (Å²) in [6.45, 7) is 8.68. The second-order valence-corrected chi connectivity index (χ2v) is 9.47. The Kier molecular flexibility index (Phi) is 6.65. The van der Waals surface area contributed by atoms with Crippen LogP contribution in [0.25, 0.3) is 11.5 Å². The number of rotatable bonds is 6. The lowest BCUT2D eigenvalue weighted by Crippen LogP contribution is -2.30. The molecule has 1 atom stereocenters. The van der Waals surface area contributed by atoms with Crippen molar-refractivity contribution in [2.45, 2.75) is 50.1 Å². The first-order valence-corrected chi connectivity index (χ1v) is 10.6. The quantitative estimate of drug-likeness (QED) is 0.525. The number of thioether (sulfide) groups is 1. The minimum absolute atomic E-state index is 0.0845. The van der Waals surface area contributed by atoms with Gasteiger partial charge in [0.25, 0.3) is 5.22 Å². The lowest BCUT2D eigenvalue weighted by atomic mass is 9.87. The molecule has 1 aromatic heterocycles. The highest BCUT2D eigenvalue weighted by atomic mass is 35.5. The number of halogens is 1. The predicted octanol–water partition coefficient (Wildman–Crippen LogP) is 5.48. The van der Waals surface area contributed by atoms with E-state index in [1.165, 1.54) is 17.3 Å². The average Bonchev–Trinajstić information content (AvgIpc) is 3.15. The Hall–Kier alpha value is -2.31. The van der Waals surface area contributed by atoms with Crippen LogP contribution < -0.4 is 5.32 Å². The molecular weight excluding hydrogens is 406 g/mol. The van der Waals surface area contributed by atoms with Crippen molar-refractivity contribution in [3.8, 4) is 11.5 Å². The third-order valence-corrected chi connectivity index (χ3v) is 5.77. The topological polar surface area (TPSA) is 68.0 Å². The molecule has 3 aromatic rings. The molecule has 1 amide bonds. The number of hydrogen-bond acceptors (Lipinski definition) is 5. The van der Waals surface area contributed by atoms with Crippen LogP contribution in [0.5, 0.6) is 0 Å². The number of carbonyl (C=O) groups is 1. The van der Waals surface area contributed by atoms with E-state index in [4.69, 9.17) is 16.0 Å². The highest BCUT2D eigenvalue weighted by Gasteiger charge is 2.19. The molecule has 1 unspecified atom stereocenters. The fourth-order valence-corrected chi connectivity index (χ4v) is 3.57. The van der Waals surface area contributed by atoms with Gasteiger partial charge in [-0.1, -0.05) is 74.5 Å². The molecule has 2 aromatic carbocycles. The molecule has 152 valence electrons. The van der Waals surface area contributed by atoms with Gasteiger partial charge in [0, 0.05) is 17.1 Å². The van der Waals surface area contributed by atoms with Gasteiger partial charge in [-0.15, -0.1) is 10.2 Å².